The highest BCUT2D eigenvalue weighted by atomic mass is 32.2. The lowest BCUT2D eigenvalue weighted by atomic mass is 9.86. The molecule has 8 nitrogen and oxygen atoms in total. The maximum Gasteiger partial charge on any atom is 0.283 e. The van der Waals surface area contributed by atoms with Crippen molar-refractivity contribution in [1.82, 2.24) is 24.1 Å². The number of imidazole rings is 1. The lowest BCUT2D eigenvalue weighted by Crippen LogP contribution is -2.40. The second kappa shape index (κ2) is 9.73. The molecule has 2 fully saturated rings. The molecule has 5 rings (SSSR count). The molecule has 0 bridgehead atoms. The van der Waals surface area contributed by atoms with Crippen LogP contribution in [0.2, 0.25) is 0 Å². The van der Waals surface area contributed by atoms with Crippen LogP contribution in [0, 0.1) is 5.92 Å². The van der Waals surface area contributed by atoms with Crippen LogP contribution < -0.4 is 5.32 Å². The van der Waals surface area contributed by atoms with Crippen LogP contribution in [0.3, 0.4) is 0 Å². The second-order valence-electron chi connectivity index (χ2n) is 11.8. The summed E-state index contributed by atoms with van der Waals surface area (Å²) in [5.74, 6) is -1.83. The predicted octanol–water partition coefficient (Wildman–Crippen LogP) is 4.80. The summed E-state index contributed by atoms with van der Waals surface area (Å²) >= 11 is 0. The Hall–Kier alpha value is -2.82. The summed E-state index contributed by atoms with van der Waals surface area (Å²) in [4.78, 5) is 17.1. The van der Waals surface area contributed by atoms with Gasteiger partial charge in [0.2, 0.25) is 11.8 Å². The lowest BCUT2D eigenvalue weighted by molar-refractivity contribution is -0.121. The molecule has 206 valence electrons. The molecule has 1 aromatic carbocycles. The highest BCUT2D eigenvalue weighted by molar-refractivity contribution is 7.89. The van der Waals surface area contributed by atoms with E-state index in [1.54, 1.807) is 6.07 Å². The van der Waals surface area contributed by atoms with Crippen molar-refractivity contribution in [1.29, 1.82) is 0 Å². The Labute approximate surface area is 221 Å². The van der Waals surface area contributed by atoms with E-state index in [4.69, 9.17) is 4.98 Å². The molecule has 2 aliphatic rings. The van der Waals surface area contributed by atoms with Crippen molar-refractivity contribution in [2.75, 3.05) is 0 Å². The first-order valence-electron chi connectivity index (χ1n) is 13.3. The van der Waals surface area contributed by atoms with E-state index in [2.05, 4.69) is 15.0 Å². The van der Waals surface area contributed by atoms with E-state index in [0.717, 1.165) is 34.7 Å². The van der Waals surface area contributed by atoms with Crippen LogP contribution in [-0.2, 0) is 33.2 Å². The lowest BCUT2D eigenvalue weighted by Gasteiger charge is -2.30. The summed E-state index contributed by atoms with van der Waals surface area (Å²) in [6, 6.07) is 5.01. The van der Waals surface area contributed by atoms with Crippen molar-refractivity contribution in [2.24, 2.45) is 5.92 Å². The second-order valence-corrected chi connectivity index (χ2v) is 13.6. The van der Waals surface area contributed by atoms with Gasteiger partial charge in [-0.2, -0.15) is 17.6 Å². The molecule has 2 aromatic heterocycles. The first kappa shape index (κ1) is 26.8. The Balaban J connectivity index is 1.40. The van der Waals surface area contributed by atoms with Crippen molar-refractivity contribution < 1.29 is 22.0 Å². The van der Waals surface area contributed by atoms with Gasteiger partial charge < -0.3 is 9.88 Å². The molecule has 2 saturated carbocycles. The van der Waals surface area contributed by atoms with Gasteiger partial charge in [0.1, 0.15) is 5.82 Å². The van der Waals surface area contributed by atoms with Crippen LogP contribution in [0.1, 0.15) is 77.1 Å². The van der Waals surface area contributed by atoms with Gasteiger partial charge in [-0.05, 0) is 56.2 Å². The molecule has 2 aliphatic carbocycles. The molecule has 1 amide bonds. The van der Waals surface area contributed by atoms with Gasteiger partial charge >= 0.3 is 0 Å². The molecule has 1 N–H and O–H groups in total. The molecule has 0 saturated heterocycles. The number of carbonyl (C=O) groups excluding carboxylic acids is 1. The molecule has 11 heteroatoms. The average molecular weight is 548 g/mol. The third-order valence-corrected chi connectivity index (χ3v) is 9.20. The summed E-state index contributed by atoms with van der Waals surface area (Å²) < 4.78 is 57.1. The van der Waals surface area contributed by atoms with Gasteiger partial charge in [-0.25, -0.2) is 13.8 Å². The van der Waals surface area contributed by atoms with Gasteiger partial charge in [-0.3, -0.25) is 4.79 Å². The molecule has 0 atom stereocenters. The van der Waals surface area contributed by atoms with E-state index in [-0.39, 0.29) is 47.4 Å². The third-order valence-electron chi connectivity index (χ3n) is 7.66. The molecule has 0 aliphatic heterocycles. The van der Waals surface area contributed by atoms with Crippen molar-refractivity contribution in [2.45, 2.75) is 101 Å². The number of rotatable bonds is 7. The minimum atomic E-state index is -4.00. The Morgan fingerprint density at radius 3 is 2.50 bits per heavy atom. The fraction of sp³-hybridized carbons (Fsp3) is 0.593. The van der Waals surface area contributed by atoms with Crippen LogP contribution in [0.25, 0.3) is 11.0 Å². The molecule has 0 radical (unpaired) electrons. The standard InChI is InChI=1S/C27H35F2N5O3S/c1-26(2,3)25-32-22-14-21(7-8-23(22)33(25)16-18-9-11-27(28,29)12-10-18)38(36,37)34-17-19(15-30-34)13-24(35)31-20-5-4-6-20/h7-8,14-15,17-18,20H,4-6,9-13,16H2,1-3H3,(H,31,35). The van der Waals surface area contributed by atoms with E-state index < -0.39 is 15.9 Å². The number of benzene rings is 1. The fourth-order valence-corrected chi connectivity index (χ4v) is 6.42. The van der Waals surface area contributed by atoms with Crippen molar-refractivity contribution >= 4 is 27.0 Å². The zero-order valence-corrected chi connectivity index (χ0v) is 22.9. The number of hydrogen-bond acceptors (Lipinski definition) is 5. The minimum absolute atomic E-state index is 0.0426. The van der Waals surface area contributed by atoms with Crippen LogP contribution in [0.15, 0.2) is 35.5 Å². The van der Waals surface area contributed by atoms with Crippen LogP contribution in [0.5, 0.6) is 0 Å². The smallest absolute Gasteiger partial charge is 0.283 e. The quantitative estimate of drug-likeness (QED) is 0.458. The van der Waals surface area contributed by atoms with Crippen molar-refractivity contribution in [3.8, 4) is 0 Å². The van der Waals surface area contributed by atoms with Gasteiger partial charge in [0, 0.05) is 42.6 Å². The molecule has 38 heavy (non-hydrogen) atoms. The van der Waals surface area contributed by atoms with Crippen molar-refractivity contribution in [3.05, 3.63) is 42.0 Å². The van der Waals surface area contributed by atoms with Crippen LogP contribution in [0.4, 0.5) is 8.78 Å². The molecule has 2 heterocycles. The highest BCUT2D eigenvalue weighted by Gasteiger charge is 2.36. The van der Waals surface area contributed by atoms with Crippen LogP contribution in [-0.4, -0.2) is 45.0 Å². The Morgan fingerprint density at radius 2 is 1.87 bits per heavy atom. The van der Waals surface area contributed by atoms with Crippen molar-refractivity contribution in [3.63, 3.8) is 0 Å². The van der Waals surface area contributed by atoms with E-state index in [1.807, 2.05) is 20.8 Å². The van der Waals surface area contributed by atoms with Gasteiger partial charge in [0.05, 0.1) is 28.5 Å². The number of aromatic nitrogens is 4. The molecular formula is C27H35F2N5O3S. The van der Waals surface area contributed by atoms with E-state index in [1.165, 1.54) is 24.5 Å². The predicted molar refractivity (Wildman–Crippen MR) is 140 cm³/mol. The van der Waals surface area contributed by atoms with Crippen LogP contribution >= 0.6 is 0 Å². The molecule has 3 aromatic rings. The van der Waals surface area contributed by atoms with E-state index in [0.29, 0.717) is 30.5 Å². The largest absolute Gasteiger partial charge is 0.353 e. The summed E-state index contributed by atoms with van der Waals surface area (Å²) in [6.07, 6.45) is 6.59. The summed E-state index contributed by atoms with van der Waals surface area (Å²) in [6.45, 7) is 6.66. The van der Waals surface area contributed by atoms with E-state index in [9.17, 15) is 22.0 Å². The molecular weight excluding hydrogens is 512 g/mol. The zero-order chi connectivity index (χ0) is 27.3. The molecule has 0 spiro atoms. The SMILES string of the molecule is CC(C)(C)c1nc2cc(S(=O)(=O)n3cc(CC(=O)NC4CCC4)cn3)ccc2n1CC1CCC(F)(F)CC1. The Kier molecular flexibility index (Phi) is 6.86. The average Bonchev–Trinajstić information content (AvgIpc) is 3.42. The van der Waals surface area contributed by atoms with Gasteiger partial charge in [0.15, 0.2) is 0 Å². The number of nitrogens with one attached hydrogen (secondary N) is 1. The fourth-order valence-electron chi connectivity index (χ4n) is 5.26. The number of nitrogens with zero attached hydrogens (tertiary/aromatic N) is 4. The number of halogens is 2. The maximum atomic E-state index is 13.7. The minimum Gasteiger partial charge on any atom is -0.353 e. The van der Waals surface area contributed by atoms with Gasteiger partial charge in [0.25, 0.3) is 10.0 Å². The summed E-state index contributed by atoms with van der Waals surface area (Å²) in [5.41, 5.74) is 1.50. The normalized spacial score (nSPS) is 19.0. The third kappa shape index (κ3) is 5.48. The number of carbonyl (C=O) groups is 1. The number of amides is 1. The monoisotopic (exact) mass is 547 g/mol. The molecule has 0 unspecified atom stereocenters. The highest BCUT2D eigenvalue weighted by Crippen LogP contribution is 2.38. The zero-order valence-electron chi connectivity index (χ0n) is 22.1. The summed E-state index contributed by atoms with van der Waals surface area (Å²) in [7, 11) is -4.00. The first-order valence-corrected chi connectivity index (χ1v) is 14.7. The Morgan fingerprint density at radius 1 is 1.16 bits per heavy atom. The number of hydrogen-bond donors (Lipinski definition) is 1. The number of alkyl halides is 2. The first-order chi connectivity index (χ1) is 17.8. The maximum absolute atomic E-state index is 13.7. The van der Waals surface area contributed by atoms with Gasteiger partial charge in [-0.1, -0.05) is 20.8 Å². The topological polar surface area (TPSA) is 98.9 Å². The summed E-state index contributed by atoms with van der Waals surface area (Å²) in [5, 5.41) is 6.97. The number of fused-ring (bicyclic) bond motifs is 1. The Bertz CT molecular complexity index is 1440. The van der Waals surface area contributed by atoms with Gasteiger partial charge in [-0.15, -0.1) is 0 Å². The van der Waals surface area contributed by atoms with E-state index >= 15 is 0 Å².